The molecule has 2 fully saturated rings. The van der Waals surface area contributed by atoms with E-state index in [0.717, 1.165) is 18.1 Å². The fourth-order valence-corrected chi connectivity index (χ4v) is 4.61. The molecule has 0 spiro atoms. The van der Waals surface area contributed by atoms with E-state index in [9.17, 15) is 0 Å². The zero-order valence-corrected chi connectivity index (χ0v) is 16.0. The number of unbranched alkanes of at least 4 members (excludes halogenated alkanes) is 2. The van der Waals surface area contributed by atoms with Crippen LogP contribution in [0.4, 0.5) is 0 Å². The van der Waals surface area contributed by atoms with Crippen LogP contribution in [0.3, 0.4) is 0 Å². The van der Waals surface area contributed by atoms with Gasteiger partial charge in [-0.2, -0.15) is 0 Å². The van der Waals surface area contributed by atoms with Gasteiger partial charge in [-0.05, 0) is 38.5 Å². The fraction of sp³-hybridized carbons (Fsp3) is 1.00. The first kappa shape index (κ1) is 19.2. The summed E-state index contributed by atoms with van der Waals surface area (Å²) in [5, 5.41) is 2.80. The molecule has 2 heteroatoms. The molecule has 2 nitrogen and oxygen atoms in total. The summed E-state index contributed by atoms with van der Waals surface area (Å²) in [6, 6.07) is 2.36. The van der Waals surface area contributed by atoms with Gasteiger partial charge in [-0.15, -0.1) is 0 Å². The first-order valence-electron chi connectivity index (χ1n) is 10.9. The van der Waals surface area contributed by atoms with Crippen LogP contribution in [0.5, 0.6) is 0 Å². The van der Waals surface area contributed by atoms with Crippen LogP contribution in [0.1, 0.15) is 117 Å². The summed E-state index contributed by atoms with van der Waals surface area (Å²) >= 11 is 0. The molecule has 0 bridgehead atoms. The van der Waals surface area contributed by atoms with E-state index in [1.54, 1.807) is 0 Å². The maximum atomic E-state index is 4.10. The molecule has 0 heterocycles. The molecule has 2 rings (SSSR count). The van der Waals surface area contributed by atoms with Crippen molar-refractivity contribution in [1.82, 2.24) is 10.4 Å². The predicted octanol–water partition coefficient (Wildman–Crippen LogP) is 6.21. The first-order valence-corrected chi connectivity index (χ1v) is 10.9. The highest BCUT2D eigenvalue weighted by Crippen LogP contribution is 2.29. The maximum Gasteiger partial charge on any atom is 0.0246 e. The van der Waals surface area contributed by atoms with Crippen LogP contribution in [0, 0.1) is 0 Å². The number of rotatable bonds is 10. The lowest BCUT2D eigenvalue weighted by molar-refractivity contribution is 0.0108. The molecule has 0 aliphatic heterocycles. The number of hydrogen-bond acceptors (Lipinski definition) is 2. The second-order valence-electron chi connectivity index (χ2n) is 8.10. The number of nitrogens with zero attached hydrogens (tertiary/aromatic N) is 1. The van der Waals surface area contributed by atoms with Crippen molar-refractivity contribution in [2.45, 2.75) is 135 Å². The van der Waals surface area contributed by atoms with Crippen molar-refractivity contribution >= 4 is 0 Å². The Morgan fingerprint density at radius 1 is 0.739 bits per heavy atom. The summed E-state index contributed by atoms with van der Waals surface area (Å²) in [5.74, 6) is 0. The Labute approximate surface area is 145 Å². The lowest BCUT2D eigenvalue weighted by Gasteiger charge is -2.44. The minimum Gasteiger partial charge on any atom is -0.252 e. The summed E-state index contributed by atoms with van der Waals surface area (Å²) in [4.78, 5) is 0. The number of nitrogens with one attached hydrogen (secondary N) is 1. The normalized spacial score (nSPS) is 21.4. The van der Waals surface area contributed by atoms with Crippen LogP contribution < -0.4 is 5.43 Å². The Morgan fingerprint density at radius 3 is 1.57 bits per heavy atom. The largest absolute Gasteiger partial charge is 0.252 e. The Bertz CT molecular complexity index is 254. The van der Waals surface area contributed by atoms with Crippen LogP contribution in [-0.2, 0) is 0 Å². The highest BCUT2D eigenvalue weighted by atomic mass is 15.5. The molecule has 0 amide bonds. The fourth-order valence-electron chi connectivity index (χ4n) is 4.61. The average Bonchev–Trinajstić information content (AvgIpc) is 2.62. The van der Waals surface area contributed by atoms with E-state index in [-0.39, 0.29) is 0 Å². The highest BCUT2D eigenvalue weighted by molar-refractivity contribution is 4.83. The Balaban J connectivity index is 1.97. The van der Waals surface area contributed by atoms with Gasteiger partial charge in [0, 0.05) is 18.1 Å². The van der Waals surface area contributed by atoms with Crippen LogP contribution in [0.2, 0.25) is 0 Å². The smallest absolute Gasteiger partial charge is 0.0246 e. The van der Waals surface area contributed by atoms with E-state index in [0.29, 0.717) is 0 Å². The molecule has 2 saturated carbocycles. The minimum atomic E-state index is 0.721. The van der Waals surface area contributed by atoms with E-state index < -0.39 is 0 Å². The highest BCUT2D eigenvalue weighted by Gasteiger charge is 2.30. The van der Waals surface area contributed by atoms with Gasteiger partial charge in [0.05, 0.1) is 0 Å². The van der Waals surface area contributed by atoms with E-state index in [1.165, 1.54) is 103 Å². The van der Waals surface area contributed by atoms with Gasteiger partial charge < -0.3 is 0 Å². The van der Waals surface area contributed by atoms with E-state index in [1.807, 2.05) is 0 Å². The topological polar surface area (TPSA) is 15.3 Å². The molecule has 0 aromatic heterocycles. The Morgan fingerprint density at radius 2 is 1.17 bits per heavy atom. The molecule has 2 aliphatic rings. The van der Waals surface area contributed by atoms with Gasteiger partial charge in [0.2, 0.25) is 0 Å². The predicted molar refractivity (Wildman–Crippen MR) is 102 cm³/mol. The van der Waals surface area contributed by atoms with Gasteiger partial charge in [-0.1, -0.05) is 78.1 Å². The van der Waals surface area contributed by atoms with E-state index >= 15 is 0 Å². The SMILES string of the molecule is CCCCC(CCCC)NN(C1CCCCC1)C1CCCCC1. The van der Waals surface area contributed by atoms with E-state index in [2.05, 4.69) is 24.3 Å². The summed E-state index contributed by atoms with van der Waals surface area (Å²) in [6.45, 7) is 4.66. The van der Waals surface area contributed by atoms with Gasteiger partial charge in [0.1, 0.15) is 0 Å². The zero-order valence-electron chi connectivity index (χ0n) is 16.0. The van der Waals surface area contributed by atoms with Crippen molar-refractivity contribution in [2.24, 2.45) is 0 Å². The molecular weight excluding hydrogens is 280 g/mol. The third-order valence-corrected chi connectivity index (χ3v) is 6.08. The summed E-state index contributed by atoms with van der Waals surface area (Å²) in [5.41, 5.74) is 4.10. The summed E-state index contributed by atoms with van der Waals surface area (Å²) in [7, 11) is 0. The van der Waals surface area contributed by atoms with Crippen molar-refractivity contribution in [3.8, 4) is 0 Å². The molecule has 0 unspecified atom stereocenters. The summed E-state index contributed by atoms with van der Waals surface area (Å²) < 4.78 is 0. The van der Waals surface area contributed by atoms with Crippen LogP contribution >= 0.6 is 0 Å². The number of hydrazine groups is 1. The van der Waals surface area contributed by atoms with Gasteiger partial charge in [0.15, 0.2) is 0 Å². The second-order valence-corrected chi connectivity index (χ2v) is 8.10. The van der Waals surface area contributed by atoms with Crippen molar-refractivity contribution < 1.29 is 0 Å². The maximum absolute atomic E-state index is 4.10. The monoisotopic (exact) mass is 322 g/mol. The van der Waals surface area contributed by atoms with E-state index in [4.69, 9.17) is 0 Å². The lowest BCUT2D eigenvalue weighted by atomic mass is 9.90. The molecule has 0 radical (unpaired) electrons. The molecule has 23 heavy (non-hydrogen) atoms. The van der Waals surface area contributed by atoms with Crippen molar-refractivity contribution in [3.63, 3.8) is 0 Å². The van der Waals surface area contributed by atoms with Crippen molar-refractivity contribution in [1.29, 1.82) is 0 Å². The Kier molecular flexibility index (Phi) is 9.60. The van der Waals surface area contributed by atoms with Crippen LogP contribution in [-0.4, -0.2) is 23.1 Å². The molecule has 136 valence electrons. The molecule has 0 aromatic carbocycles. The Hall–Kier alpha value is -0.0800. The zero-order chi connectivity index (χ0) is 16.3. The molecule has 0 saturated heterocycles. The molecule has 0 aromatic rings. The van der Waals surface area contributed by atoms with Gasteiger partial charge in [-0.3, -0.25) is 5.43 Å². The average molecular weight is 323 g/mol. The quantitative estimate of drug-likeness (QED) is 0.481. The second kappa shape index (κ2) is 11.5. The minimum absolute atomic E-state index is 0.721. The molecular formula is C21H42N2. The van der Waals surface area contributed by atoms with Crippen molar-refractivity contribution in [3.05, 3.63) is 0 Å². The number of hydrogen-bond donors (Lipinski definition) is 1. The van der Waals surface area contributed by atoms with Crippen molar-refractivity contribution in [2.75, 3.05) is 0 Å². The molecule has 1 N–H and O–H groups in total. The lowest BCUT2D eigenvalue weighted by Crippen LogP contribution is -2.56. The third kappa shape index (κ3) is 6.74. The van der Waals surface area contributed by atoms with Gasteiger partial charge >= 0.3 is 0 Å². The molecule has 0 atom stereocenters. The first-order chi connectivity index (χ1) is 11.3. The summed E-state index contributed by atoms with van der Waals surface area (Å²) in [6.07, 6.45) is 22.6. The third-order valence-electron chi connectivity index (χ3n) is 6.08. The standard InChI is InChI=1S/C21H42N2/c1-3-5-13-19(14-6-4-2)22-23(20-15-9-7-10-16-20)21-17-11-8-12-18-21/h19-22H,3-18H2,1-2H3. The van der Waals surface area contributed by atoms with Gasteiger partial charge in [0.25, 0.3) is 0 Å². The van der Waals surface area contributed by atoms with Crippen LogP contribution in [0.25, 0.3) is 0 Å². The molecule has 2 aliphatic carbocycles. The van der Waals surface area contributed by atoms with Gasteiger partial charge in [-0.25, -0.2) is 5.01 Å². The van der Waals surface area contributed by atoms with Crippen LogP contribution in [0.15, 0.2) is 0 Å².